The number of anilines is 1. The molecule has 0 saturated carbocycles. The van der Waals surface area contributed by atoms with Gasteiger partial charge < -0.3 is 9.26 Å². The molecule has 1 fully saturated rings. The summed E-state index contributed by atoms with van der Waals surface area (Å²) in [5.41, 5.74) is 2.95. The second-order valence-corrected chi connectivity index (χ2v) is 9.28. The van der Waals surface area contributed by atoms with E-state index in [1.165, 1.54) is 11.3 Å². The molecule has 0 unspecified atom stereocenters. The van der Waals surface area contributed by atoms with Crippen LogP contribution in [0.3, 0.4) is 0 Å². The Balaban J connectivity index is 1.47. The van der Waals surface area contributed by atoms with Crippen molar-refractivity contribution >= 4 is 44.2 Å². The Hall–Kier alpha value is -2.78. The number of benzene rings is 2. The molecule has 1 saturated heterocycles. The van der Waals surface area contributed by atoms with E-state index in [0.717, 1.165) is 34.4 Å². The number of carbonyl (C=O) groups excluding carboxylic acids is 1. The molecule has 0 bridgehead atoms. The van der Waals surface area contributed by atoms with Gasteiger partial charge in [-0.25, -0.2) is 4.98 Å². The summed E-state index contributed by atoms with van der Waals surface area (Å²) in [4.78, 5) is 22.4. The number of ether oxygens (including phenoxy) is 1. The van der Waals surface area contributed by atoms with Crippen molar-refractivity contribution in [1.82, 2.24) is 15.0 Å². The van der Waals surface area contributed by atoms with E-state index in [2.05, 4.69) is 10.1 Å². The standard InChI is InChI=1S/C24H23ClN4O3S/c1-16-7-8-18(25)22-21(16)26-24(33-22)29(10-9-28-11-13-31-14-12-28)23(30)19-15-20(32-27-19)17-5-3-2-4-6-17/h2-8,15H,9-14H2,1H3. The lowest BCUT2D eigenvalue weighted by molar-refractivity contribution is 0.0391. The number of fused-ring (bicyclic) bond motifs is 1. The van der Waals surface area contributed by atoms with Crippen molar-refractivity contribution in [2.24, 2.45) is 0 Å². The topological polar surface area (TPSA) is 71.7 Å². The third-order valence-electron chi connectivity index (χ3n) is 5.69. The van der Waals surface area contributed by atoms with Crippen molar-refractivity contribution in [3.05, 3.63) is 64.8 Å². The molecular weight excluding hydrogens is 460 g/mol. The SMILES string of the molecule is Cc1ccc(Cl)c2sc(N(CCN3CCOCC3)C(=O)c3cc(-c4ccccc4)on3)nc12. The first-order valence-electron chi connectivity index (χ1n) is 10.8. The highest BCUT2D eigenvalue weighted by Crippen LogP contribution is 2.36. The molecule has 2 aromatic carbocycles. The summed E-state index contributed by atoms with van der Waals surface area (Å²) < 4.78 is 11.8. The van der Waals surface area contributed by atoms with Crippen molar-refractivity contribution in [1.29, 1.82) is 0 Å². The molecule has 0 spiro atoms. The molecule has 7 nitrogen and oxygen atoms in total. The number of nitrogens with zero attached hydrogens (tertiary/aromatic N) is 4. The van der Waals surface area contributed by atoms with Gasteiger partial charge >= 0.3 is 0 Å². The lowest BCUT2D eigenvalue weighted by Gasteiger charge is -2.28. The largest absolute Gasteiger partial charge is 0.379 e. The zero-order valence-corrected chi connectivity index (χ0v) is 19.7. The summed E-state index contributed by atoms with van der Waals surface area (Å²) in [6, 6.07) is 15.1. The highest BCUT2D eigenvalue weighted by atomic mass is 35.5. The van der Waals surface area contributed by atoms with Gasteiger partial charge in [0.2, 0.25) is 0 Å². The number of aryl methyl sites for hydroxylation is 1. The molecular formula is C24H23ClN4O3S. The van der Waals surface area contributed by atoms with Crippen molar-refractivity contribution in [3.63, 3.8) is 0 Å². The van der Waals surface area contributed by atoms with E-state index in [4.69, 9.17) is 25.8 Å². The van der Waals surface area contributed by atoms with E-state index in [1.807, 2.05) is 49.4 Å². The molecule has 4 aromatic rings. The number of rotatable bonds is 6. The molecule has 2 aromatic heterocycles. The molecule has 1 aliphatic rings. The molecule has 170 valence electrons. The number of hydrogen-bond donors (Lipinski definition) is 0. The fourth-order valence-corrected chi connectivity index (χ4v) is 5.15. The minimum Gasteiger partial charge on any atom is -0.379 e. The molecule has 3 heterocycles. The van der Waals surface area contributed by atoms with E-state index >= 15 is 0 Å². The van der Waals surface area contributed by atoms with E-state index in [1.54, 1.807) is 11.0 Å². The molecule has 1 amide bonds. The molecule has 0 N–H and O–H groups in total. The lowest BCUT2D eigenvalue weighted by atomic mass is 10.1. The second-order valence-electron chi connectivity index (χ2n) is 7.89. The van der Waals surface area contributed by atoms with Crippen LogP contribution in [0.4, 0.5) is 5.13 Å². The van der Waals surface area contributed by atoms with Gasteiger partial charge in [0.25, 0.3) is 5.91 Å². The highest BCUT2D eigenvalue weighted by molar-refractivity contribution is 7.23. The van der Waals surface area contributed by atoms with E-state index in [9.17, 15) is 4.79 Å². The average Bonchev–Trinajstić information content (AvgIpc) is 3.52. The number of hydrogen-bond acceptors (Lipinski definition) is 7. The lowest BCUT2D eigenvalue weighted by Crippen LogP contribution is -2.43. The predicted octanol–water partition coefficient (Wildman–Crippen LogP) is 4.89. The summed E-state index contributed by atoms with van der Waals surface area (Å²) in [5.74, 6) is 0.303. The predicted molar refractivity (Wildman–Crippen MR) is 130 cm³/mol. The van der Waals surface area contributed by atoms with E-state index in [0.29, 0.717) is 42.2 Å². The van der Waals surface area contributed by atoms with Crippen LogP contribution in [0.25, 0.3) is 21.5 Å². The van der Waals surface area contributed by atoms with Gasteiger partial charge in [0.05, 0.1) is 28.5 Å². The minimum absolute atomic E-state index is 0.248. The van der Waals surface area contributed by atoms with Gasteiger partial charge in [0.15, 0.2) is 16.6 Å². The van der Waals surface area contributed by atoms with Crippen LogP contribution in [0, 0.1) is 6.92 Å². The van der Waals surface area contributed by atoms with Gasteiger partial charge in [-0.2, -0.15) is 0 Å². The smallest absolute Gasteiger partial charge is 0.282 e. The summed E-state index contributed by atoms with van der Waals surface area (Å²) in [5, 5.41) is 5.31. The van der Waals surface area contributed by atoms with Crippen LogP contribution in [0.15, 0.2) is 53.1 Å². The number of halogens is 1. The first-order chi connectivity index (χ1) is 16.1. The van der Waals surface area contributed by atoms with Crippen molar-refractivity contribution in [2.75, 3.05) is 44.3 Å². The van der Waals surface area contributed by atoms with Gasteiger partial charge in [0.1, 0.15) is 0 Å². The quantitative estimate of drug-likeness (QED) is 0.389. The number of morpholine rings is 1. The van der Waals surface area contributed by atoms with Crippen LogP contribution in [0.1, 0.15) is 16.1 Å². The zero-order valence-electron chi connectivity index (χ0n) is 18.2. The second kappa shape index (κ2) is 9.61. The Kier molecular flexibility index (Phi) is 6.41. The van der Waals surface area contributed by atoms with Gasteiger partial charge in [0, 0.05) is 37.8 Å². The van der Waals surface area contributed by atoms with Crippen LogP contribution < -0.4 is 4.90 Å². The number of amides is 1. The number of thiazole rings is 1. The Morgan fingerprint density at radius 1 is 1.18 bits per heavy atom. The van der Waals surface area contributed by atoms with Gasteiger partial charge in [-0.3, -0.25) is 14.6 Å². The molecule has 0 radical (unpaired) electrons. The molecule has 0 aliphatic carbocycles. The maximum atomic E-state index is 13.6. The first-order valence-corrected chi connectivity index (χ1v) is 12.0. The van der Waals surface area contributed by atoms with Crippen LogP contribution in [-0.2, 0) is 4.74 Å². The third kappa shape index (κ3) is 4.65. The molecule has 5 rings (SSSR count). The van der Waals surface area contributed by atoms with Crippen molar-refractivity contribution < 1.29 is 14.1 Å². The molecule has 1 aliphatic heterocycles. The monoisotopic (exact) mass is 482 g/mol. The van der Waals surface area contributed by atoms with Gasteiger partial charge in [-0.1, -0.05) is 64.5 Å². The highest BCUT2D eigenvalue weighted by Gasteiger charge is 2.26. The molecule has 0 atom stereocenters. The zero-order chi connectivity index (χ0) is 22.8. The Morgan fingerprint density at radius 3 is 2.73 bits per heavy atom. The summed E-state index contributed by atoms with van der Waals surface area (Å²) in [7, 11) is 0. The minimum atomic E-state index is -0.248. The number of aromatic nitrogens is 2. The maximum Gasteiger partial charge on any atom is 0.282 e. The Bertz CT molecular complexity index is 1230. The first kappa shape index (κ1) is 22.0. The van der Waals surface area contributed by atoms with E-state index < -0.39 is 0 Å². The van der Waals surface area contributed by atoms with Crippen LogP contribution in [-0.4, -0.2) is 60.3 Å². The Morgan fingerprint density at radius 2 is 1.97 bits per heavy atom. The van der Waals surface area contributed by atoms with Crippen LogP contribution >= 0.6 is 22.9 Å². The van der Waals surface area contributed by atoms with Crippen LogP contribution in [0.5, 0.6) is 0 Å². The Labute approximate surface area is 200 Å². The van der Waals surface area contributed by atoms with Gasteiger partial charge in [-0.05, 0) is 18.6 Å². The fraction of sp³-hybridized carbons (Fsp3) is 0.292. The summed E-state index contributed by atoms with van der Waals surface area (Å²) in [6.07, 6.45) is 0. The molecule has 33 heavy (non-hydrogen) atoms. The average molecular weight is 483 g/mol. The number of carbonyl (C=O) groups is 1. The normalized spacial score (nSPS) is 14.6. The maximum absolute atomic E-state index is 13.6. The molecule has 9 heteroatoms. The fourth-order valence-electron chi connectivity index (χ4n) is 3.81. The van der Waals surface area contributed by atoms with E-state index in [-0.39, 0.29) is 11.6 Å². The van der Waals surface area contributed by atoms with Crippen molar-refractivity contribution in [3.8, 4) is 11.3 Å². The van der Waals surface area contributed by atoms with Crippen molar-refractivity contribution in [2.45, 2.75) is 6.92 Å². The van der Waals surface area contributed by atoms with Crippen LogP contribution in [0.2, 0.25) is 5.02 Å². The summed E-state index contributed by atoms with van der Waals surface area (Å²) >= 11 is 7.85. The summed E-state index contributed by atoms with van der Waals surface area (Å²) in [6.45, 7) is 6.26. The third-order valence-corrected chi connectivity index (χ3v) is 7.23. The van der Waals surface area contributed by atoms with Gasteiger partial charge in [-0.15, -0.1) is 0 Å².